The zero-order valence-electron chi connectivity index (χ0n) is 9.92. The van der Waals surface area contributed by atoms with Crippen molar-refractivity contribution in [3.05, 3.63) is 34.9 Å². The van der Waals surface area contributed by atoms with Crippen molar-refractivity contribution in [2.75, 3.05) is 13.6 Å². The van der Waals surface area contributed by atoms with Gasteiger partial charge >= 0.3 is 0 Å². The number of benzene rings is 1. The standard InChI is InChI=1S/C13H19NO/c1-9-5-6-12(7-10(9)2)13(15)11(3)8-14-4/h5-7,11,14H,8H2,1-4H3. The molecule has 2 heteroatoms. The average Bonchev–Trinajstić information content (AvgIpc) is 2.21. The molecular weight excluding hydrogens is 186 g/mol. The van der Waals surface area contributed by atoms with Gasteiger partial charge in [0.25, 0.3) is 0 Å². The Bertz CT molecular complexity index is 358. The maximum atomic E-state index is 12.0. The van der Waals surface area contributed by atoms with E-state index in [4.69, 9.17) is 0 Å². The summed E-state index contributed by atoms with van der Waals surface area (Å²) in [6, 6.07) is 5.90. The fraction of sp³-hybridized carbons (Fsp3) is 0.462. The van der Waals surface area contributed by atoms with Crippen LogP contribution in [0.5, 0.6) is 0 Å². The first-order valence-corrected chi connectivity index (χ1v) is 5.32. The molecule has 0 fully saturated rings. The average molecular weight is 205 g/mol. The van der Waals surface area contributed by atoms with Crippen LogP contribution in [-0.2, 0) is 0 Å². The molecule has 1 atom stereocenters. The van der Waals surface area contributed by atoms with Gasteiger partial charge in [0, 0.05) is 18.0 Å². The van der Waals surface area contributed by atoms with Crippen molar-refractivity contribution >= 4 is 5.78 Å². The minimum absolute atomic E-state index is 0.0390. The Labute approximate surface area is 91.7 Å². The lowest BCUT2D eigenvalue weighted by molar-refractivity contribution is 0.0930. The van der Waals surface area contributed by atoms with Crippen molar-refractivity contribution in [2.24, 2.45) is 5.92 Å². The number of hydrogen-bond donors (Lipinski definition) is 1. The molecule has 1 aromatic rings. The number of nitrogens with one attached hydrogen (secondary N) is 1. The quantitative estimate of drug-likeness (QED) is 0.764. The topological polar surface area (TPSA) is 29.1 Å². The number of hydrogen-bond acceptors (Lipinski definition) is 2. The molecule has 0 saturated heterocycles. The predicted molar refractivity (Wildman–Crippen MR) is 63.3 cm³/mol. The highest BCUT2D eigenvalue weighted by Crippen LogP contribution is 2.13. The number of rotatable bonds is 4. The molecule has 0 saturated carbocycles. The van der Waals surface area contributed by atoms with E-state index in [1.54, 1.807) is 0 Å². The van der Waals surface area contributed by atoms with E-state index in [-0.39, 0.29) is 11.7 Å². The van der Waals surface area contributed by atoms with Crippen LogP contribution in [0.25, 0.3) is 0 Å². The molecule has 0 radical (unpaired) electrons. The summed E-state index contributed by atoms with van der Waals surface area (Å²) in [7, 11) is 1.87. The van der Waals surface area contributed by atoms with Crippen LogP contribution in [0, 0.1) is 19.8 Å². The van der Waals surface area contributed by atoms with Gasteiger partial charge in [0.2, 0.25) is 0 Å². The monoisotopic (exact) mass is 205 g/mol. The van der Waals surface area contributed by atoms with E-state index in [1.807, 2.05) is 39.1 Å². The van der Waals surface area contributed by atoms with E-state index in [9.17, 15) is 4.79 Å². The highest BCUT2D eigenvalue weighted by Gasteiger charge is 2.14. The van der Waals surface area contributed by atoms with Crippen molar-refractivity contribution in [1.29, 1.82) is 0 Å². The molecule has 82 valence electrons. The number of aryl methyl sites for hydroxylation is 2. The van der Waals surface area contributed by atoms with Gasteiger partial charge in [-0.25, -0.2) is 0 Å². The van der Waals surface area contributed by atoms with Crippen LogP contribution in [0.3, 0.4) is 0 Å². The minimum atomic E-state index is 0.0390. The minimum Gasteiger partial charge on any atom is -0.319 e. The molecule has 1 aromatic carbocycles. The predicted octanol–water partition coefficient (Wildman–Crippen LogP) is 2.34. The van der Waals surface area contributed by atoms with Gasteiger partial charge in [-0.15, -0.1) is 0 Å². The van der Waals surface area contributed by atoms with E-state index < -0.39 is 0 Å². The number of carbonyl (C=O) groups excluding carboxylic acids is 1. The summed E-state index contributed by atoms with van der Waals surface area (Å²) in [5.74, 6) is 0.254. The van der Waals surface area contributed by atoms with Gasteiger partial charge in [0.1, 0.15) is 0 Å². The van der Waals surface area contributed by atoms with E-state index in [1.165, 1.54) is 11.1 Å². The first-order chi connectivity index (χ1) is 7.06. The second-order valence-electron chi connectivity index (χ2n) is 4.12. The molecule has 2 nitrogen and oxygen atoms in total. The number of Topliss-reactive ketones (excluding diaryl/α,β-unsaturated/α-hetero) is 1. The molecule has 0 spiro atoms. The van der Waals surface area contributed by atoms with Crippen LogP contribution >= 0.6 is 0 Å². The zero-order valence-corrected chi connectivity index (χ0v) is 9.92. The molecule has 0 aliphatic rings. The van der Waals surface area contributed by atoms with Gasteiger partial charge in [-0.1, -0.05) is 19.1 Å². The smallest absolute Gasteiger partial charge is 0.166 e. The van der Waals surface area contributed by atoms with Gasteiger partial charge in [0.05, 0.1) is 0 Å². The summed E-state index contributed by atoms with van der Waals surface area (Å²) >= 11 is 0. The van der Waals surface area contributed by atoms with Crippen molar-refractivity contribution in [3.8, 4) is 0 Å². The molecule has 1 unspecified atom stereocenters. The van der Waals surface area contributed by atoms with Gasteiger partial charge < -0.3 is 5.32 Å². The van der Waals surface area contributed by atoms with E-state index in [2.05, 4.69) is 12.2 Å². The normalized spacial score (nSPS) is 12.5. The van der Waals surface area contributed by atoms with Crippen LogP contribution in [0.1, 0.15) is 28.4 Å². The molecule has 0 aliphatic carbocycles. The van der Waals surface area contributed by atoms with E-state index >= 15 is 0 Å². The Balaban J connectivity index is 2.87. The van der Waals surface area contributed by atoms with E-state index in [0.717, 1.165) is 12.1 Å². The third kappa shape index (κ3) is 2.90. The second kappa shape index (κ2) is 5.08. The fourth-order valence-electron chi connectivity index (χ4n) is 1.58. The Morgan fingerprint density at radius 3 is 2.53 bits per heavy atom. The first-order valence-electron chi connectivity index (χ1n) is 5.32. The van der Waals surface area contributed by atoms with Crippen molar-refractivity contribution < 1.29 is 4.79 Å². The van der Waals surface area contributed by atoms with Gasteiger partial charge in [0.15, 0.2) is 5.78 Å². The summed E-state index contributed by atoms with van der Waals surface area (Å²) in [4.78, 5) is 12.0. The third-order valence-corrected chi connectivity index (χ3v) is 2.75. The van der Waals surface area contributed by atoms with Crippen molar-refractivity contribution in [2.45, 2.75) is 20.8 Å². The van der Waals surface area contributed by atoms with Crippen LogP contribution in [0.15, 0.2) is 18.2 Å². The van der Waals surface area contributed by atoms with Crippen LogP contribution in [0.2, 0.25) is 0 Å². The zero-order chi connectivity index (χ0) is 11.4. The molecular formula is C13H19NO. The SMILES string of the molecule is CNCC(C)C(=O)c1ccc(C)c(C)c1. The Morgan fingerprint density at radius 2 is 2.00 bits per heavy atom. The second-order valence-corrected chi connectivity index (χ2v) is 4.12. The van der Waals surface area contributed by atoms with Gasteiger partial charge in [-0.3, -0.25) is 4.79 Å². The molecule has 0 bridgehead atoms. The Hall–Kier alpha value is -1.15. The lowest BCUT2D eigenvalue weighted by Crippen LogP contribution is -2.23. The van der Waals surface area contributed by atoms with E-state index in [0.29, 0.717) is 0 Å². The first kappa shape index (κ1) is 11.9. The number of ketones is 1. The summed E-state index contributed by atoms with van der Waals surface area (Å²) in [5, 5.41) is 3.02. The van der Waals surface area contributed by atoms with Crippen molar-refractivity contribution in [3.63, 3.8) is 0 Å². The lowest BCUT2D eigenvalue weighted by atomic mass is 9.96. The summed E-state index contributed by atoms with van der Waals surface area (Å²) in [6.07, 6.45) is 0. The fourth-order valence-corrected chi connectivity index (χ4v) is 1.58. The lowest BCUT2D eigenvalue weighted by Gasteiger charge is -2.10. The third-order valence-electron chi connectivity index (χ3n) is 2.75. The molecule has 0 heterocycles. The largest absolute Gasteiger partial charge is 0.319 e. The Morgan fingerprint density at radius 1 is 1.33 bits per heavy atom. The van der Waals surface area contributed by atoms with Crippen molar-refractivity contribution in [1.82, 2.24) is 5.32 Å². The molecule has 1 rings (SSSR count). The van der Waals surface area contributed by atoms with Gasteiger partial charge in [-0.2, -0.15) is 0 Å². The molecule has 0 amide bonds. The maximum absolute atomic E-state index is 12.0. The highest BCUT2D eigenvalue weighted by atomic mass is 16.1. The highest BCUT2D eigenvalue weighted by molar-refractivity contribution is 5.98. The van der Waals surface area contributed by atoms with Gasteiger partial charge in [-0.05, 0) is 38.1 Å². The maximum Gasteiger partial charge on any atom is 0.166 e. The molecule has 15 heavy (non-hydrogen) atoms. The molecule has 0 aliphatic heterocycles. The Kier molecular flexibility index (Phi) is 4.04. The van der Waals surface area contributed by atoms with Crippen LogP contribution in [-0.4, -0.2) is 19.4 Å². The van der Waals surface area contributed by atoms with Crippen LogP contribution < -0.4 is 5.32 Å². The summed E-state index contributed by atoms with van der Waals surface area (Å²) < 4.78 is 0. The summed E-state index contributed by atoms with van der Waals surface area (Å²) in [5.41, 5.74) is 3.23. The molecule has 1 N–H and O–H groups in total. The summed E-state index contributed by atoms with van der Waals surface area (Å²) in [6.45, 7) is 6.77. The van der Waals surface area contributed by atoms with Crippen LogP contribution in [0.4, 0.5) is 0 Å². The molecule has 0 aromatic heterocycles. The number of carbonyl (C=O) groups is 1.